The number of likely N-dealkylation sites (tertiary alicyclic amines) is 1. The molecule has 4 nitrogen and oxygen atoms in total. The van der Waals surface area contributed by atoms with Crippen molar-refractivity contribution in [3.63, 3.8) is 0 Å². The largest absolute Gasteiger partial charge is 0.377 e. The fraction of sp³-hybridized carbons (Fsp3) is 0.364. The number of thioether (sulfide) groups is 1. The van der Waals surface area contributed by atoms with E-state index in [1.807, 2.05) is 18.2 Å². The van der Waals surface area contributed by atoms with Crippen LogP contribution in [0.2, 0.25) is 0 Å². The van der Waals surface area contributed by atoms with E-state index < -0.39 is 0 Å². The molecule has 1 aliphatic rings. The van der Waals surface area contributed by atoms with Crippen LogP contribution in [0, 0.1) is 0 Å². The first-order chi connectivity index (χ1) is 13.3. The summed E-state index contributed by atoms with van der Waals surface area (Å²) in [5, 5.41) is 8.68. The summed E-state index contributed by atoms with van der Waals surface area (Å²) in [4.78, 5) is 2.56. The minimum atomic E-state index is 0.480. The Kier molecular flexibility index (Phi) is 7.93. The Labute approximate surface area is 166 Å². The predicted molar refractivity (Wildman–Crippen MR) is 117 cm³/mol. The fourth-order valence-corrected chi connectivity index (χ4v) is 3.79. The maximum Gasteiger partial charge on any atom is 0.180 e. The predicted octanol–water partition coefficient (Wildman–Crippen LogP) is 4.64. The molecular formula is C22H28N4S. The van der Waals surface area contributed by atoms with Crippen LogP contribution in [0.3, 0.4) is 0 Å². The summed E-state index contributed by atoms with van der Waals surface area (Å²) in [6.45, 7) is 3.48. The molecule has 0 bridgehead atoms. The second kappa shape index (κ2) is 10.9. The van der Waals surface area contributed by atoms with Crippen molar-refractivity contribution in [2.75, 3.05) is 13.1 Å². The van der Waals surface area contributed by atoms with Gasteiger partial charge in [-0.05, 0) is 42.6 Å². The monoisotopic (exact) mass is 380 g/mol. The lowest BCUT2D eigenvalue weighted by Gasteiger charge is -2.19. The number of hydrogen-bond donors (Lipinski definition) is 1. The molecule has 3 rings (SSSR count). The molecule has 1 heterocycles. The van der Waals surface area contributed by atoms with Gasteiger partial charge in [-0.15, -0.1) is 5.10 Å². The van der Waals surface area contributed by atoms with Crippen LogP contribution in [0.4, 0.5) is 0 Å². The molecular weight excluding hydrogens is 352 g/mol. The number of hydrogen-bond acceptors (Lipinski definition) is 4. The van der Waals surface area contributed by atoms with Crippen molar-refractivity contribution in [3.05, 3.63) is 71.3 Å². The molecule has 0 aromatic heterocycles. The standard InChI is InChI=1S/C22H28N4S/c23-22(27-18-21-8-4-3-5-9-21)25-24-16-19-10-12-20(13-11-19)17-26-14-6-1-2-7-15-26/h3-5,8-13,16H,1-2,6-7,14-15,17-18H2,(H2,23,25). The number of rotatable bonds is 6. The van der Waals surface area contributed by atoms with Crippen molar-refractivity contribution in [2.45, 2.75) is 38.0 Å². The van der Waals surface area contributed by atoms with E-state index in [9.17, 15) is 0 Å². The van der Waals surface area contributed by atoms with Gasteiger partial charge in [0.2, 0.25) is 0 Å². The van der Waals surface area contributed by atoms with Gasteiger partial charge in [-0.3, -0.25) is 4.90 Å². The molecule has 0 aliphatic carbocycles. The van der Waals surface area contributed by atoms with Gasteiger partial charge in [0.15, 0.2) is 5.17 Å². The number of amidine groups is 1. The third-order valence-electron chi connectivity index (χ3n) is 4.68. The molecule has 1 aliphatic heterocycles. The summed E-state index contributed by atoms with van der Waals surface area (Å²) in [6, 6.07) is 18.8. The normalized spacial score (nSPS) is 16.5. The molecule has 5 heteroatoms. The lowest BCUT2D eigenvalue weighted by molar-refractivity contribution is 0.277. The van der Waals surface area contributed by atoms with E-state index in [1.54, 1.807) is 6.21 Å². The second-order valence-electron chi connectivity index (χ2n) is 6.89. The summed E-state index contributed by atoms with van der Waals surface area (Å²) in [7, 11) is 0. The zero-order valence-corrected chi connectivity index (χ0v) is 16.6. The first-order valence-electron chi connectivity index (χ1n) is 9.64. The molecule has 0 amide bonds. The average molecular weight is 381 g/mol. The van der Waals surface area contributed by atoms with Crippen molar-refractivity contribution in [3.8, 4) is 0 Å². The third-order valence-corrected chi connectivity index (χ3v) is 5.53. The topological polar surface area (TPSA) is 54.0 Å². The molecule has 0 radical (unpaired) electrons. The number of nitrogens with two attached hydrogens (primary N) is 1. The van der Waals surface area contributed by atoms with Crippen molar-refractivity contribution >= 4 is 23.1 Å². The van der Waals surface area contributed by atoms with Gasteiger partial charge in [0.05, 0.1) is 6.21 Å². The first-order valence-corrected chi connectivity index (χ1v) is 10.6. The van der Waals surface area contributed by atoms with Gasteiger partial charge < -0.3 is 5.73 Å². The maximum atomic E-state index is 5.92. The molecule has 2 N–H and O–H groups in total. The summed E-state index contributed by atoms with van der Waals surface area (Å²) in [5.74, 6) is 0.802. The summed E-state index contributed by atoms with van der Waals surface area (Å²) < 4.78 is 0. The van der Waals surface area contributed by atoms with E-state index in [2.05, 4.69) is 51.5 Å². The van der Waals surface area contributed by atoms with Crippen LogP contribution in [-0.2, 0) is 12.3 Å². The molecule has 1 saturated heterocycles. The quantitative estimate of drug-likeness (QED) is 0.451. The van der Waals surface area contributed by atoms with Crippen LogP contribution in [0.15, 0.2) is 64.8 Å². The van der Waals surface area contributed by atoms with Gasteiger partial charge in [0.25, 0.3) is 0 Å². The molecule has 0 saturated carbocycles. The lowest BCUT2D eigenvalue weighted by atomic mass is 10.1. The Bertz CT molecular complexity index is 733. The Hall–Kier alpha value is -2.11. The third kappa shape index (κ3) is 7.19. The van der Waals surface area contributed by atoms with Gasteiger partial charge in [0, 0.05) is 12.3 Å². The van der Waals surface area contributed by atoms with Gasteiger partial charge in [-0.2, -0.15) is 5.10 Å². The molecule has 0 unspecified atom stereocenters. The van der Waals surface area contributed by atoms with Crippen molar-refractivity contribution < 1.29 is 0 Å². The highest BCUT2D eigenvalue weighted by Gasteiger charge is 2.09. The zero-order chi connectivity index (χ0) is 18.7. The minimum Gasteiger partial charge on any atom is -0.377 e. The van der Waals surface area contributed by atoms with Crippen molar-refractivity contribution in [1.82, 2.24) is 4.90 Å². The van der Waals surface area contributed by atoms with Gasteiger partial charge in [0.1, 0.15) is 0 Å². The smallest absolute Gasteiger partial charge is 0.180 e. The SMILES string of the molecule is NC(=NN=Cc1ccc(CN2CCCCCC2)cc1)SCc1ccccc1. The number of nitrogens with zero attached hydrogens (tertiary/aromatic N) is 3. The second-order valence-corrected chi connectivity index (χ2v) is 7.88. The molecule has 0 spiro atoms. The fourth-order valence-electron chi connectivity index (χ4n) is 3.17. The van der Waals surface area contributed by atoms with E-state index in [-0.39, 0.29) is 0 Å². The van der Waals surface area contributed by atoms with E-state index in [0.29, 0.717) is 5.17 Å². The van der Waals surface area contributed by atoms with Crippen LogP contribution >= 0.6 is 11.8 Å². The highest BCUT2D eigenvalue weighted by Crippen LogP contribution is 2.14. The van der Waals surface area contributed by atoms with E-state index in [0.717, 1.165) is 17.9 Å². The molecule has 1 fully saturated rings. The average Bonchev–Trinajstić information content (AvgIpc) is 2.97. The van der Waals surface area contributed by atoms with Crippen LogP contribution < -0.4 is 5.73 Å². The van der Waals surface area contributed by atoms with Gasteiger partial charge in [-0.1, -0.05) is 79.2 Å². The van der Waals surface area contributed by atoms with Crippen molar-refractivity contribution in [1.29, 1.82) is 0 Å². The molecule has 27 heavy (non-hydrogen) atoms. The lowest BCUT2D eigenvalue weighted by Crippen LogP contribution is -2.23. The van der Waals surface area contributed by atoms with E-state index >= 15 is 0 Å². The molecule has 0 atom stereocenters. The highest BCUT2D eigenvalue weighted by atomic mass is 32.2. The first kappa shape index (κ1) is 19.6. The van der Waals surface area contributed by atoms with E-state index in [4.69, 9.17) is 5.73 Å². The number of benzene rings is 2. The minimum absolute atomic E-state index is 0.480. The van der Waals surface area contributed by atoms with Crippen LogP contribution in [0.5, 0.6) is 0 Å². The highest BCUT2D eigenvalue weighted by molar-refractivity contribution is 8.13. The Balaban J connectivity index is 1.46. The van der Waals surface area contributed by atoms with Crippen LogP contribution in [0.1, 0.15) is 42.4 Å². The molecule has 2 aromatic carbocycles. The van der Waals surface area contributed by atoms with Gasteiger partial charge >= 0.3 is 0 Å². The van der Waals surface area contributed by atoms with E-state index in [1.165, 1.54) is 61.7 Å². The molecule has 2 aromatic rings. The Morgan fingerprint density at radius 1 is 0.926 bits per heavy atom. The maximum absolute atomic E-state index is 5.92. The Morgan fingerprint density at radius 3 is 2.33 bits per heavy atom. The summed E-state index contributed by atoms with van der Waals surface area (Å²) >= 11 is 1.50. The van der Waals surface area contributed by atoms with Crippen molar-refractivity contribution in [2.24, 2.45) is 15.9 Å². The zero-order valence-electron chi connectivity index (χ0n) is 15.8. The Morgan fingerprint density at radius 2 is 1.63 bits per heavy atom. The van der Waals surface area contributed by atoms with Crippen LogP contribution in [-0.4, -0.2) is 29.4 Å². The van der Waals surface area contributed by atoms with Crippen LogP contribution in [0.25, 0.3) is 0 Å². The van der Waals surface area contributed by atoms with Gasteiger partial charge in [-0.25, -0.2) is 0 Å². The molecule has 142 valence electrons. The summed E-state index contributed by atoms with van der Waals surface area (Å²) in [5.41, 5.74) is 9.54. The summed E-state index contributed by atoms with van der Waals surface area (Å²) in [6.07, 6.45) is 7.16.